The van der Waals surface area contributed by atoms with Crippen molar-refractivity contribution in [1.82, 2.24) is 15.0 Å². The molecule has 0 aliphatic heterocycles. The SMILES string of the molecule is C1=CCC(c2cccc(Cc3cccc(-c4ccc5sc6cccc(-c7nc(C8=CCCC=C8)nc(-c8cccc(-c9ccccc9)c8)n7)c6c5c4)c3)c2)C=C1. The van der Waals surface area contributed by atoms with Crippen molar-refractivity contribution in [3.63, 3.8) is 0 Å². The summed E-state index contributed by atoms with van der Waals surface area (Å²) in [5.74, 6) is 2.52. The van der Waals surface area contributed by atoms with Gasteiger partial charge in [0.2, 0.25) is 0 Å². The first kappa shape index (κ1) is 34.0. The molecule has 6 aromatic carbocycles. The van der Waals surface area contributed by atoms with Crippen LogP contribution in [0.4, 0.5) is 0 Å². The Bertz CT molecular complexity index is 2870. The third-order valence-corrected chi connectivity index (χ3v) is 12.0. The summed E-state index contributed by atoms with van der Waals surface area (Å²) in [6.45, 7) is 0. The molecule has 0 radical (unpaired) electrons. The molecule has 2 aliphatic rings. The zero-order chi connectivity index (χ0) is 37.3. The van der Waals surface area contributed by atoms with Crippen molar-refractivity contribution in [1.29, 1.82) is 0 Å². The van der Waals surface area contributed by atoms with Gasteiger partial charge in [-0.15, -0.1) is 11.3 Å². The number of fused-ring (bicyclic) bond motifs is 3. The van der Waals surface area contributed by atoms with E-state index in [0.717, 1.165) is 53.5 Å². The van der Waals surface area contributed by atoms with E-state index in [-0.39, 0.29) is 0 Å². The van der Waals surface area contributed by atoms with Gasteiger partial charge in [-0.2, -0.15) is 0 Å². The zero-order valence-corrected chi connectivity index (χ0v) is 31.8. The normalized spacial score (nSPS) is 15.1. The van der Waals surface area contributed by atoms with Crippen LogP contribution in [0.2, 0.25) is 0 Å². The summed E-state index contributed by atoms with van der Waals surface area (Å²) in [7, 11) is 0. The van der Waals surface area contributed by atoms with Gasteiger partial charge in [0.15, 0.2) is 17.5 Å². The Morgan fingerprint density at radius 3 is 2.14 bits per heavy atom. The molecule has 2 heterocycles. The van der Waals surface area contributed by atoms with Crippen molar-refractivity contribution in [3.05, 3.63) is 205 Å². The summed E-state index contributed by atoms with van der Waals surface area (Å²) in [5, 5.41) is 2.40. The van der Waals surface area contributed by atoms with Crippen molar-refractivity contribution in [2.45, 2.75) is 31.6 Å². The standard InChI is InChI=1S/C52H39N3S/c1-4-16-37(17-5-1)40-22-10-14-35(31-40)30-36-15-11-23-41(32-36)43-28-29-47-46(34-43)49-45(26-13-27-48(49)56-47)52-54-50(39-20-8-3-9-21-39)53-51(55-52)44-25-12-24-42(33-44)38-18-6-2-7-19-38/h1-2,4-8,10-16,18-29,31-34,37H,3,9,17,30H2. The lowest BCUT2D eigenvalue weighted by molar-refractivity contribution is 0.851. The number of aromatic nitrogens is 3. The topological polar surface area (TPSA) is 38.7 Å². The molecule has 4 heteroatoms. The summed E-state index contributed by atoms with van der Waals surface area (Å²) < 4.78 is 2.47. The lowest BCUT2D eigenvalue weighted by atomic mass is 9.90. The van der Waals surface area contributed by atoms with Crippen molar-refractivity contribution in [3.8, 4) is 45.0 Å². The van der Waals surface area contributed by atoms with Gasteiger partial charge in [0.05, 0.1) is 0 Å². The highest BCUT2D eigenvalue weighted by atomic mass is 32.1. The molecule has 1 unspecified atom stereocenters. The lowest BCUT2D eigenvalue weighted by Crippen LogP contribution is -2.03. The van der Waals surface area contributed by atoms with Crippen LogP contribution < -0.4 is 0 Å². The van der Waals surface area contributed by atoms with E-state index in [0.29, 0.717) is 23.4 Å². The molecular formula is C52H39N3S. The Labute approximate surface area is 331 Å². The molecule has 8 aromatic rings. The predicted molar refractivity (Wildman–Crippen MR) is 236 cm³/mol. The van der Waals surface area contributed by atoms with E-state index in [1.54, 1.807) is 0 Å². The van der Waals surface area contributed by atoms with Crippen LogP contribution in [-0.4, -0.2) is 15.0 Å². The molecule has 0 N–H and O–H groups in total. The fourth-order valence-corrected chi connectivity index (χ4v) is 9.17. The molecule has 2 aliphatic carbocycles. The molecule has 10 rings (SSSR count). The maximum atomic E-state index is 5.23. The lowest BCUT2D eigenvalue weighted by Gasteiger charge is -2.15. The van der Waals surface area contributed by atoms with Crippen molar-refractivity contribution < 1.29 is 0 Å². The van der Waals surface area contributed by atoms with E-state index in [4.69, 9.17) is 15.0 Å². The second kappa shape index (κ2) is 15.0. The van der Waals surface area contributed by atoms with Gasteiger partial charge in [0.25, 0.3) is 0 Å². The number of hydrogen-bond acceptors (Lipinski definition) is 4. The van der Waals surface area contributed by atoms with Crippen molar-refractivity contribution in [2.75, 3.05) is 0 Å². The summed E-state index contributed by atoms with van der Waals surface area (Å²) >= 11 is 1.82. The van der Waals surface area contributed by atoms with Crippen LogP contribution in [0.1, 0.15) is 47.7 Å². The molecule has 0 spiro atoms. The fraction of sp³-hybridized carbons (Fsp3) is 0.0962. The summed E-state index contributed by atoms with van der Waals surface area (Å²) in [4.78, 5) is 15.5. The number of rotatable bonds is 8. The highest BCUT2D eigenvalue weighted by molar-refractivity contribution is 7.26. The molecule has 0 saturated heterocycles. The highest BCUT2D eigenvalue weighted by Crippen LogP contribution is 2.41. The second-order valence-electron chi connectivity index (χ2n) is 14.7. The maximum Gasteiger partial charge on any atom is 0.164 e. The zero-order valence-electron chi connectivity index (χ0n) is 31.0. The number of nitrogens with zero attached hydrogens (tertiary/aromatic N) is 3. The fourth-order valence-electron chi connectivity index (χ4n) is 8.05. The molecule has 268 valence electrons. The molecule has 56 heavy (non-hydrogen) atoms. The van der Waals surface area contributed by atoms with Gasteiger partial charge < -0.3 is 0 Å². The number of allylic oxidation sites excluding steroid dienone is 8. The molecule has 0 saturated carbocycles. The minimum absolute atomic E-state index is 0.450. The van der Waals surface area contributed by atoms with E-state index in [2.05, 4.69) is 176 Å². The van der Waals surface area contributed by atoms with Gasteiger partial charge in [-0.3, -0.25) is 0 Å². The molecule has 2 aromatic heterocycles. The maximum absolute atomic E-state index is 5.23. The van der Waals surface area contributed by atoms with E-state index in [1.807, 2.05) is 17.4 Å². The van der Waals surface area contributed by atoms with Gasteiger partial charge >= 0.3 is 0 Å². The first-order valence-electron chi connectivity index (χ1n) is 19.5. The highest BCUT2D eigenvalue weighted by Gasteiger charge is 2.19. The Kier molecular flexibility index (Phi) is 9.10. The van der Waals surface area contributed by atoms with Crippen LogP contribution in [0.5, 0.6) is 0 Å². The van der Waals surface area contributed by atoms with E-state index < -0.39 is 0 Å². The average Bonchev–Trinajstić information content (AvgIpc) is 3.66. The molecule has 3 nitrogen and oxygen atoms in total. The molecular weight excluding hydrogens is 699 g/mol. The van der Waals surface area contributed by atoms with Crippen LogP contribution in [0.3, 0.4) is 0 Å². The molecule has 0 amide bonds. The van der Waals surface area contributed by atoms with Gasteiger partial charge in [-0.1, -0.05) is 158 Å². The molecule has 0 fully saturated rings. The minimum atomic E-state index is 0.450. The van der Waals surface area contributed by atoms with Crippen LogP contribution in [-0.2, 0) is 6.42 Å². The van der Waals surface area contributed by atoms with Crippen molar-refractivity contribution in [2.24, 2.45) is 0 Å². The van der Waals surface area contributed by atoms with Crippen LogP contribution in [0.25, 0.3) is 70.8 Å². The Hall–Kier alpha value is -6.49. The number of benzene rings is 6. The van der Waals surface area contributed by atoms with E-state index in [9.17, 15) is 0 Å². The monoisotopic (exact) mass is 737 g/mol. The summed E-state index contributed by atoms with van der Waals surface area (Å²) in [6, 6.07) is 50.5. The van der Waals surface area contributed by atoms with Crippen LogP contribution in [0, 0.1) is 0 Å². The predicted octanol–water partition coefficient (Wildman–Crippen LogP) is 13.8. The van der Waals surface area contributed by atoms with Gasteiger partial charge in [0.1, 0.15) is 0 Å². The number of thiophene rings is 1. The summed E-state index contributed by atoms with van der Waals surface area (Å²) in [6.07, 6.45) is 19.4. The Morgan fingerprint density at radius 2 is 1.29 bits per heavy atom. The first-order chi connectivity index (χ1) is 27.7. The largest absolute Gasteiger partial charge is 0.208 e. The Balaban J connectivity index is 1.05. The molecule has 1 atom stereocenters. The average molecular weight is 738 g/mol. The van der Waals surface area contributed by atoms with Gasteiger partial charge in [0, 0.05) is 42.8 Å². The van der Waals surface area contributed by atoms with E-state index in [1.165, 1.54) is 48.0 Å². The third-order valence-electron chi connectivity index (χ3n) is 10.9. The smallest absolute Gasteiger partial charge is 0.164 e. The number of hydrogen-bond donors (Lipinski definition) is 0. The van der Waals surface area contributed by atoms with Crippen LogP contribution in [0.15, 0.2) is 182 Å². The van der Waals surface area contributed by atoms with Crippen LogP contribution >= 0.6 is 11.3 Å². The second-order valence-corrected chi connectivity index (χ2v) is 15.7. The first-order valence-corrected chi connectivity index (χ1v) is 20.3. The van der Waals surface area contributed by atoms with Gasteiger partial charge in [-0.05, 0) is 88.9 Å². The van der Waals surface area contributed by atoms with E-state index >= 15 is 0 Å². The Morgan fingerprint density at radius 1 is 0.536 bits per heavy atom. The third kappa shape index (κ3) is 6.85. The van der Waals surface area contributed by atoms with Crippen molar-refractivity contribution >= 4 is 37.1 Å². The quantitative estimate of drug-likeness (QED) is 0.156. The summed E-state index contributed by atoms with van der Waals surface area (Å²) in [5.41, 5.74) is 11.8. The minimum Gasteiger partial charge on any atom is -0.208 e. The van der Waals surface area contributed by atoms with Gasteiger partial charge in [-0.25, -0.2) is 15.0 Å². The molecule has 0 bridgehead atoms.